The van der Waals surface area contributed by atoms with Crippen molar-refractivity contribution in [3.63, 3.8) is 0 Å². The molecule has 0 unspecified atom stereocenters. The van der Waals surface area contributed by atoms with Crippen molar-refractivity contribution in [2.75, 3.05) is 31.1 Å². The van der Waals surface area contributed by atoms with Gasteiger partial charge in [-0.1, -0.05) is 17.7 Å². The number of hydrogen-bond donors (Lipinski definition) is 1. The molecule has 1 aromatic carbocycles. The summed E-state index contributed by atoms with van der Waals surface area (Å²) in [5.41, 5.74) is 7.06. The molecule has 1 aromatic heterocycles. The molecule has 1 aliphatic heterocycles. The third-order valence-corrected chi connectivity index (χ3v) is 4.18. The first-order chi connectivity index (χ1) is 12.0. The van der Waals surface area contributed by atoms with Crippen LogP contribution in [0.2, 0.25) is 5.02 Å². The quantitative estimate of drug-likeness (QED) is 0.390. The number of halogens is 1. The van der Waals surface area contributed by atoms with Crippen LogP contribution in [0.15, 0.2) is 47.6 Å². The summed E-state index contributed by atoms with van der Waals surface area (Å²) in [5.74, 6) is 0.701. The number of piperazine rings is 1. The molecule has 0 saturated carbocycles. The molecule has 2 aromatic rings. The number of nitrogens with zero attached hydrogens (tertiary/aromatic N) is 5. The van der Waals surface area contributed by atoms with Crippen LogP contribution in [0.25, 0.3) is 0 Å². The Morgan fingerprint density at radius 1 is 1.24 bits per heavy atom. The highest BCUT2D eigenvalue weighted by atomic mass is 35.5. The van der Waals surface area contributed by atoms with Gasteiger partial charge in [-0.15, -0.1) is 0 Å². The lowest BCUT2D eigenvalue weighted by atomic mass is 10.2. The van der Waals surface area contributed by atoms with Crippen LogP contribution in [-0.4, -0.2) is 46.9 Å². The van der Waals surface area contributed by atoms with Crippen LogP contribution in [0.3, 0.4) is 0 Å². The summed E-state index contributed by atoms with van der Waals surface area (Å²) in [5, 5.41) is 11.3. The average molecular weight is 361 g/mol. The van der Waals surface area contributed by atoms with Crippen molar-refractivity contribution in [2.24, 2.45) is 10.7 Å². The van der Waals surface area contributed by atoms with Crippen LogP contribution in [0.1, 0.15) is 0 Å². The monoisotopic (exact) mass is 360 g/mol. The van der Waals surface area contributed by atoms with Crippen molar-refractivity contribution in [3.05, 3.63) is 57.7 Å². The highest BCUT2D eigenvalue weighted by Gasteiger charge is 2.19. The highest BCUT2D eigenvalue weighted by molar-refractivity contribution is 6.30. The van der Waals surface area contributed by atoms with Crippen molar-refractivity contribution in [1.29, 1.82) is 0 Å². The molecule has 0 amide bonds. The molecule has 0 radical (unpaired) electrons. The standard InChI is InChI=1S/C16H17ClN6O2/c17-12-2-1-3-13(10-12)21-6-8-22(9-7-21)16(18)20-15-5-4-14(11-19-15)23(24)25/h1-5,10-11H,6-9H2,(H2,18,19,20). The van der Waals surface area contributed by atoms with Gasteiger partial charge in [-0.05, 0) is 24.3 Å². The Morgan fingerprint density at radius 2 is 2.00 bits per heavy atom. The van der Waals surface area contributed by atoms with Crippen molar-refractivity contribution >= 4 is 34.8 Å². The zero-order valence-corrected chi connectivity index (χ0v) is 14.1. The number of nitrogens with two attached hydrogens (primary N) is 1. The van der Waals surface area contributed by atoms with Gasteiger partial charge in [-0.2, -0.15) is 4.99 Å². The van der Waals surface area contributed by atoms with Gasteiger partial charge < -0.3 is 15.5 Å². The molecule has 0 atom stereocenters. The summed E-state index contributed by atoms with van der Waals surface area (Å²) in [7, 11) is 0. The van der Waals surface area contributed by atoms with Crippen LogP contribution < -0.4 is 10.6 Å². The Hall–Kier alpha value is -2.87. The topological polar surface area (TPSA) is 101 Å². The van der Waals surface area contributed by atoms with Crippen LogP contribution >= 0.6 is 11.6 Å². The first-order valence-electron chi connectivity index (χ1n) is 7.73. The Balaban J connectivity index is 1.62. The maximum atomic E-state index is 10.6. The molecule has 25 heavy (non-hydrogen) atoms. The van der Waals surface area contributed by atoms with E-state index in [1.165, 1.54) is 18.3 Å². The number of benzene rings is 1. The van der Waals surface area contributed by atoms with E-state index in [0.717, 1.165) is 31.9 Å². The summed E-state index contributed by atoms with van der Waals surface area (Å²) < 4.78 is 0. The molecule has 0 aliphatic carbocycles. The number of anilines is 1. The van der Waals surface area contributed by atoms with Gasteiger partial charge in [0.1, 0.15) is 6.20 Å². The largest absolute Gasteiger partial charge is 0.369 e. The van der Waals surface area contributed by atoms with Gasteiger partial charge in [0, 0.05) is 43.0 Å². The molecule has 9 heteroatoms. The van der Waals surface area contributed by atoms with Crippen LogP contribution in [0.4, 0.5) is 17.2 Å². The Kier molecular flexibility index (Phi) is 4.99. The van der Waals surface area contributed by atoms with E-state index in [1.807, 2.05) is 29.2 Å². The second-order valence-electron chi connectivity index (χ2n) is 5.56. The highest BCUT2D eigenvalue weighted by Crippen LogP contribution is 2.21. The number of nitro groups is 1. The Bertz CT molecular complexity index is 787. The maximum absolute atomic E-state index is 10.6. The second-order valence-corrected chi connectivity index (χ2v) is 5.99. The minimum atomic E-state index is -0.501. The van der Waals surface area contributed by atoms with Crippen molar-refractivity contribution < 1.29 is 4.92 Å². The lowest BCUT2D eigenvalue weighted by Gasteiger charge is -2.36. The minimum absolute atomic E-state index is 0.0762. The summed E-state index contributed by atoms with van der Waals surface area (Å²) in [6, 6.07) is 10.6. The van der Waals surface area contributed by atoms with E-state index in [4.69, 9.17) is 17.3 Å². The smallest absolute Gasteiger partial charge is 0.287 e. The molecule has 130 valence electrons. The summed E-state index contributed by atoms with van der Waals surface area (Å²) >= 11 is 6.04. The second kappa shape index (κ2) is 7.35. The first-order valence-corrected chi connectivity index (χ1v) is 8.11. The fourth-order valence-electron chi connectivity index (χ4n) is 2.61. The fraction of sp³-hybridized carbons (Fsp3) is 0.250. The van der Waals surface area contributed by atoms with Crippen molar-refractivity contribution in [2.45, 2.75) is 0 Å². The molecule has 8 nitrogen and oxygen atoms in total. The van der Waals surface area contributed by atoms with Gasteiger partial charge in [-0.25, -0.2) is 4.98 Å². The third-order valence-electron chi connectivity index (χ3n) is 3.95. The molecule has 1 fully saturated rings. The number of rotatable bonds is 3. The third kappa shape index (κ3) is 4.16. The maximum Gasteiger partial charge on any atom is 0.287 e. The van der Waals surface area contributed by atoms with E-state index in [1.54, 1.807) is 0 Å². The Labute approximate surface area is 149 Å². The minimum Gasteiger partial charge on any atom is -0.369 e. The van der Waals surface area contributed by atoms with E-state index >= 15 is 0 Å². The molecule has 2 heterocycles. The van der Waals surface area contributed by atoms with Crippen LogP contribution in [-0.2, 0) is 0 Å². The van der Waals surface area contributed by atoms with Gasteiger partial charge in [0.05, 0.1) is 4.92 Å². The van der Waals surface area contributed by atoms with E-state index in [9.17, 15) is 10.1 Å². The molecule has 2 N–H and O–H groups in total. The van der Waals surface area contributed by atoms with Gasteiger partial charge in [-0.3, -0.25) is 10.1 Å². The van der Waals surface area contributed by atoms with Crippen LogP contribution in [0, 0.1) is 10.1 Å². The first kappa shape index (κ1) is 17.0. The van der Waals surface area contributed by atoms with E-state index in [-0.39, 0.29) is 5.69 Å². The summed E-state index contributed by atoms with van der Waals surface area (Å²) in [6.07, 6.45) is 1.17. The lowest BCUT2D eigenvalue weighted by Crippen LogP contribution is -2.51. The normalized spacial score (nSPS) is 15.3. The molecular formula is C16H17ClN6O2. The van der Waals surface area contributed by atoms with Gasteiger partial charge in [0.2, 0.25) is 0 Å². The van der Waals surface area contributed by atoms with E-state index < -0.39 is 4.92 Å². The molecular weight excluding hydrogens is 344 g/mol. The molecule has 0 spiro atoms. The summed E-state index contributed by atoms with van der Waals surface area (Å²) in [6.45, 7) is 3.03. The molecule has 1 aliphatic rings. The number of aromatic nitrogens is 1. The average Bonchev–Trinajstić information content (AvgIpc) is 2.62. The zero-order chi connectivity index (χ0) is 17.8. The SMILES string of the molecule is NC(=Nc1ccc([N+](=O)[O-])cn1)N1CCN(c2cccc(Cl)c2)CC1. The molecule has 0 bridgehead atoms. The predicted octanol–water partition coefficient (Wildman–Crippen LogP) is 2.41. The van der Waals surface area contributed by atoms with E-state index in [2.05, 4.69) is 14.9 Å². The summed E-state index contributed by atoms with van der Waals surface area (Å²) in [4.78, 5) is 22.5. The van der Waals surface area contributed by atoms with Crippen molar-refractivity contribution in [1.82, 2.24) is 9.88 Å². The van der Waals surface area contributed by atoms with Gasteiger partial charge in [0.15, 0.2) is 11.8 Å². The fourth-order valence-corrected chi connectivity index (χ4v) is 2.79. The number of aliphatic imine (C=N–C) groups is 1. The zero-order valence-electron chi connectivity index (χ0n) is 13.4. The number of pyridine rings is 1. The number of guanidine groups is 1. The Morgan fingerprint density at radius 3 is 2.60 bits per heavy atom. The number of hydrogen-bond acceptors (Lipinski definition) is 5. The van der Waals surface area contributed by atoms with E-state index in [0.29, 0.717) is 16.8 Å². The van der Waals surface area contributed by atoms with Gasteiger partial charge in [0.25, 0.3) is 5.69 Å². The lowest BCUT2D eigenvalue weighted by molar-refractivity contribution is -0.385. The van der Waals surface area contributed by atoms with Crippen LogP contribution in [0.5, 0.6) is 0 Å². The molecule has 3 rings (SSSR count). The van der Waals surface area contributed by atoms with Gasteiger partial charge >= 0.3 is 0 Å². The molecule has 1 saturated heterocycles. The predicted molar refractivity (Wildman–Crippen MR) is 97.4 cm³/mol. The van der Waals surface area contributed by atoms with Crippen molar-refractivity contribution in [3.8, 4) is 0 Å².